The predicted molar refractivity (Wildman–Crippen MR) is 70.2 cm³/mol. The fraction of sp³-hybridized carbons (Fsp3) is 0.417. The van der Waals surface area contributed by atoms with E-state index in [1.54, 1.807) is 12.1 Å². The maximum atomic E-state index is 9.47. The highest BCUT2D eigenvalue weighted by Gasteiger charge is 2.20. The first-order chi connectivity index (χ1) is 8.25. The molecule has 1 fully saturated rings. The number of rotatable bonds is 1. The molecule has 17 heavy (non-hydrogen) atoms. The Morgan fingerprint density at radius 3 is 2.88 bits per heavy atom. The number of phenols is 1. The molecule has 5 heteroatoms. The summed E-state index contributed by atoms with van der Waals surface area (Å²) in [5, 5.41) is 12.8. The fourth-order valence-corrected chi connectivity index (χ4v) is 3.14. The average Bonchev–Trinajstić information content (AvgIpc) is 2.65. The molecule has 0 unspecified atom stereocenters. The molecule has 2 aromatic rings. The molecule has 0 amide bonds. The van der Waals surface area contributed by atoms with Crippen LogP contribution >= 0.6 is 15.9 Å². The van der Waals surface area contributed by atoms with Crippen molar-refractivity contribution in [3.63, 3.8) is 0 Å². The third kappa shape index (κ3) is 1.93. The first-order valence-corrected chi connectivity index (χ1v) is 6.62. The number of aromatic nitrogens is 2. The number of piperidine rings is 1. The van der Waals surface area contributed by atoms with Crippen molar-refractivity contribution >= 4 is 27.0 Å². The Morgan fingerprint density at radius 2 is 2.12 bits per heavy atom. The molecule has 1 aromatic heterocycles. The number of halogens is 1. The monoisotopic (exact) mass is 295 g/mol. The number of nitrogens with one attached hydrogen (secondary N) is 1. The van der Waals surface area contributed by atoms with Crippen LogP contribution in [0.15, 0.2) is 22.9 Å². The van der Waals surface area contributed by atoms with E-state index < -0.39 is 0 Å². The summed E-state index contributed by atoms with van der Waals surface area (Å²) in [6, 6.07) is 5.84. The van der Waals surface area contributed by atoms with Crippen LogP contribution in [0, 0.1) is 0 Å². The van der Waals surface area contributed by atoms with Crippen LogP contribution in [0.1, 0.15) is 18.9 Å². The van der Waals surface area contributed by atoms with Gasteiger partial charge in [-0.15, -0.1) is 0 Å². The van der Waals surface area contributed by atoms with Crippen molar-refractivity contribution in [3.8, 4) is 5.75 Å². The zero-order valence-corrected chi connectivity index (χ0v) is 10.9. The fourth-order valence-electron chi connectivity index (χ4n) is 2.47. The molecule has 3 rings (SSSR count). The Balaban J connectivity index is 2.11. The van der Waals surface area contributed by atoms with Crippen molar-refractivity contribution in [2.75, 3.05) is 13.1 Å². The maximum absolute atomic E-state index is 9.47. The lowest BCUT2D eigenvalue weighted by Gasteiger charge is -2.25. The molecule has 90 valence electrons. The van der Waals surface area contributed by atoms with Crippen LogP contribution in [-0.4, -0.2) is 27.7 Å². The molecule has 0 saturated carbocycles. The van der Waals surface area contributed by atoms with Gasteiger partial charge in [0.2, 0.25) is 0 Å². The molecule has 0 atom stereocenters. The molecule has 0 radical (unpaired) electrons. The Hall–Kier alpha value is -1.07. The zero-order valence-electron chi connectivity index (χ0n) is 9.36. The minimum Gasteiger partial charge on any atom is -0.508 e. The Kier molecular flexibility index (Phi) is 2.80. The standard InChI is InChI=1S/C12H14BrN3O/c13-12-15-10-7-9(17)1-2-11(10)16(12)8-3-5-14-6-4-8/h1-2,7-8,14,17H,3-6H2. The second-order valence-corrected chi connectivity index (χ2v) is 5.11. The summed E-state index contributed by atoms with van der Waals surface area (Å²) in [7, 11) is 0. The highest BCUT2D eigenvalue weighted by atomic mass is 79.9. The van der Waals surface area contributed by atoms with E-state index in [9.17, 15) is 5.11 Å². The maximum Gasteiger partial charge on any atom is 0.178 e. The molecule has 1 aliphatic rings. The summed E-state index contributed by atoms with van der Waals surface area (Å²) in [6.07, 6.45) is 2.23. The second kappa shape index (κ2) is 4.31. The van der Waals surface area contributed by atoms with Gasteiger partial charge >= 0.3 is 0 Å². The SMILES string of the molecule is Oc1ccc2c(c1)nc(Br)n2C1CCNCC1. The smallest absolute Gasteiger partial charge is 0.178 e. The molecule has 1 aliphatic heterocycles. The van der Waals surface area contributed by atoms with E-state index in [-0.39, 0.29) is 5.75 Å². The molecule has 1 aromatic carbocycles. The number of nitrogens with zero attached hydrogens (tertiary/aromatic N) is 2. The minimum atomic E-state index is 0.264. The van der Waals surface area contributed by atoms with Gasteiger partial charge in [0, 0.05) is 12.1 Å². The topological polar surface area (TPSA) is 50.1 Å². The van der Waals surface area contributed by atoms with Gasteiger partial charge in [-0.25, -0.2) is 4.98 Å². The summed E-state index contributed by atoms with van der Waals surface area (Å²) in [5.74, 6) is 0.264. The van der Waals surface area contributed by atoms with Crippen LogP contribution in [0.2, 0.25) is 0 Å². The summed E-state index contributed by atoms with van der Waals surface area (Å²) in [5.41, 5.74) is 1.93. The minimum absolute atomic E-state index is 0.264. The van der Waals surface area contributed by atoms with Crippen LogP contribution in [-0.2, 0) is 0 Å². The third-order valence-corrected chi connectivity index (χ3v) is 3.86. The number of hydrogen-bond donors (Lipinski definition) is 2. The van der Waals surface area contributed by atoms with E-state index in [0.717, 1.165) is 41.7 Å². The number of imidazole rings is 1. The summed E-state index contributed by atoms with van der Waals surface area (Å²) < 4.78 is 3.08. The number of fused-ring (bicyclic) bond motifs is 1. The van der Waals surface area contributed by atoms with Crippen LogP contribution < -0.4 is 5.32 Å². The number of aromatic hydroxyl groups is 1. The van der Waals surface area contributed by atoms with Gasteiger partial charge in [-0.2, -0.15) is 0 Å². The van der Waals surface area contributed by atoms with Gasteiger partial charge in [-0.05, 0) is 54.0 Å². The van der Waals surface area contributed by atoms with Crippen LogP contribution in [0.25, 0.3) is 11.0 Å². The van der Waals surface area contributed by atoms with Gasteiger partial charge < -0.3 is 15.0 Å². The Labute approximate surface area is 108 Å². The molecule has 1 saturated heterocycles. The zero-order chi connectivity index (χ0) is 11.8. The molecule has 2 N–H and O–H groups in total. The third-order valence-electron chi connectivity index (χ3n) is 3.30. The molecule has 0 bridgehead atoms. The van der Waals surface area contributed by atoms with Crippen molar-refractivity contribution in [2.45, 2.75) is 18.9 Å². The molecule has 0 spiro atoms. The summed E-state index contributed by atoms with van der Waals surface area (Å²) >= 11 is 3.52. The lowest BCUT2D eigenvalue weighted by molar-refractivity contribution is 0.370. The highest BCUT2D eigenvalue weighted by Crippen LogP contribution is 2.30. The van der Waals surface area contributed by atoms with Crippen molar-refractivity contribution in [2.24, 2.45) is 0 Å². The molecular weight excluding hydrogens is 282 g/mol. The largest absolute Gasteiger partial charge is 0.508 e. The van der Waals surface area contributed by atoms with E-state index in [4.69, 9.17) is 0 Å². The quantitative estimate of drug-likeness (QED) is 0.850. The van der Waals surface area contributed by atoms with E-state index in [0.29, 0.717) is 6.04 Å². The van der Waals surface area contributed by atoms with Crippen molar-refractivity contribution in [1.29, 1.82) is 0 Å². The second-order valence-electron chi connectivity index (χ2n) is 4.41. The van der Waals surface area contributed by atoms with Crippen LogP contribution in [0.3, 0.4) is 0 Å². The van der Waals surface area contributed by atoms with Crippen molar-refractivity contribution in [3.05, 3.63) is 22.9 Å². The van der Waals surface area contributed by atoms with Gasteiger partial charge in [0.05, 0.1) is 11.0 Å². The van der Waals surface area contributed by atoms with E-state index in [1.807, 2.05) is 6.07 Å². The van der Waals surface area contributed by atoms with E-state index in [1.165, 1.54) is 0 Å². The normalized spacial score (nSPS) is 17.7. The molecular formula is C12H14BrN3O. The predicted octanol–water partition coefficient (Wildman–Crippen LogP) is 2.43. The Bertz CT molecular complexity index is 546. The van der Waals surface area contributed by atoms with Crippen molar-refractivity contribution < 1.29 is 5.11 Å². The van der Waals surface area contributed by atoms with Crippen molar-refractivity contribution in [1.82, 2.24) is 14.9 Å². The first-order valence-electron chi connectivity index (χ1n) is 5.83. The number of phenolic OH excluding ortho intramolecular Hbond substituents is 1. The van der Waals surface area contributed by atoms with E-state index in [2.05, 4.69) is 30.8 Å². The Morgan fingerprint density at radius 1 is 1.35 bits per heavy atom. The first kappa shape index (κ1) is 11.0. The number of hydrogen-bond acceptors (Lipinski definition) is 3. The van der Waals surface area contributed by atoms with Gasteiger partial charge in [-0.1, -0.05) is 0 Å². The van der Waals surface area contributed by atoms with Gasteiger partial charge in [0.25, 0.3) is 0 Å². The lowest BCUT2D eigenvalue weighted by Crippen LogP contribution is -2.29. The summed E-state index contributed by atoms with van der Waals surface area (Å²) in [6.45, 7) is 2.10. The number of benzene rings is 1. The average molecular weight is 296 g/mol. The van der Waals surface area contributed by atoms with Gasteiger partial charge in [-0.3, -0.25) is 0 Å². The van der Waals surface area contributed by atoms with Crippen LogP contribution in [0.5, 0.6) is 5.75 Å². The molecule has 0 aliphatic carbocycles. The highest BCUT2D eigenvalue weighted by molar-refractivity contribution is 9.10. The molecule has 2 heterocycles. The molecule has 4 nitrogen and oxygen atoms in total. The summed E-state index contributed by atoms with van der Waals surface area (Å²) in [4.78, 5) is 4.45. The van der Waals surface area contributed by atoms with Gasteiger partial charge in [0.1, 0.15) is 5.75 Å². The van der Waals surface area contributed by atoms with E-state index >= 15 is 0 Å². The van der Waals surface area contributed by atoms with Gasteiger partial charge in [0.15, 0.2) is 4.73 Å². The lowest BCUT2D eigenvalue weighted by atomic mass is 10.1. The van der Waals surface area contributed by atoms with Crippen LogP contribution in [0.4, 0.5) is 0 Å².